The van der Waals surface area contributed by atoms with Gasteiger partial charge in [0.2, 0.25) is 0 Å². The maximum Gasteiger partial charge on any atom is 0.287 e. The van der Waals surface area contributed by atoms with Gasteiger partial charge in [0.05, 0.1) is 4.92 Å². The van der Waals surface area contributed by atoms with E-state index in [1.165, 1.54) is 12.3 Å². The fourth-order valence-electron chi connectivity index (χ4n) is 2.18. The maximum absolute atomic E-state index is 11.6. The molecule has 7 nitrogen and oxygen atoms in total. The normalized spacial score (nSPS) is 10.2. The zero-order chi connectivity index (χ0) is 16.8. The standard InChI is InChI=1S/C16H18N4O3/c1-11-8-14(20(22)23)10-19-15(11)18-7-6-12-4-3-5-13(9-12)16(21)17-2/h3-5,8-10H,6-7H2,1-2H3,(H,17,21)(H,18,19). The minimum absolute atomic E-state index is 0.0219. The molecule has 0 spiro atoms. The number of anilines is 1. The van der Waals surface area contributed by atoms with Crippen molar-refractivity contribution in [1.29, 1.82) is 0 Å². The van der Waals surface area contributed by atoms with Crippen LogP contribution >= 0.6 is 0 Å². The Morgan fingerprint density at radius 3 is 2.78 bits per heavy atom. The summed E-state index contributed by atoms with van der Waals surface area (Å²) in [4.78, 5) is 25.9. The molecule has 23 heavy (non-hydrogen) atoms. The van der Waals surface area contributed by atoms with E-state index in [9.17, 15) is 14.9 Å². The Kier molecular flexibility index (Phi) is 5.24. The van der Waals surface area contributed by atoms with Gasteiger partial charge in [-0.05, 0) is 36.6 Å². The molecule has 1 aromatic heterocycles. The van der Waals surface area contributed by atoms with Crippen LogP contribution in [-0.4, -0.2) is 29.4 Å². The molecule has 0 fully saturated rings. The third kappa shape index (κ3) is 4.26. The van der Waals surface area contributed by atoms with Gasteiger partial charge >= 0.3 is 0 Å². The van der Waals surface area contributed by atoms with E-state index >= 15 is 0 Å². The van der Waals surface area contributed by atoms with E-state index in [-0.39, 0.29) is 11.6 Å². The second kappa shape index (κ2) is 7.35. The van der Waals surface area contributed by atoms with Gasteiger partial charge in [-0.3, -0.25) is 14.9 Å². The molecule has 0 unspecified atom stereocenters. The van der Waals surface area contributed by atoms with E-state index in [2.05, 4.69) is 15.6 Å². The van der Waals surface area contributed by atoms with Crippen molar-refractivity contribution in [3.8, 4) is 0 Å². The quantitative estimate of drug-likeness (QED) is 0.630. The van der Waals surface area contributed by atoms with Crippen LogP contribution in [0.2, 0.25) is 0 Å². The molecule has 2 aromatic rings. The molecular formula is C16H18N4O3. The first-order valence-corrected chi connectivity index (χ1v) is 7.17. The van der Waals surface area contributed by atoms with Crippen molar-refractivity contribution >= 4 is 17.4 Å². The number of carbonyl (C=O) groups is 1. The molecule has 0 aliphatic heterocycles. The summed E-state index contributed by atoms with van der Waals surface area (Å²) in [6, 6.07) is 8.88. The van der Waals surface area contributed by atoms with Crippen LogP contribution < -0.4 is 10.6 Å². The van der Waals surface area contributed by atoms with Gasteiger partial charge < -0.3 is 10.6 Å². The minimum atomic E-state index is -0.464. The first kappa shape index (κ1) is 16.4. The van der Waals surface area contributed by atoms with Crippen molar-refractivity contribution in [2.75, 3.05) is 18.9 Å². The molecule has 2 N–H and O–H groups in total. The smallest absolute Gasteiger partial charge is 0.287 e. The predicted octanol–water partition coefficient (Wildman–Crippen LogP) is 2.31. The van der Waals surface area contributed by atoms with Crippen molar-refractivity contribution in [2.45, 2.75) is 13.3 Å². The number of hydrogen-bond donors (Lipinski definition) is 2. The van der Waals surface area contributed by atoms with Gasteiger partial charge in [-0.1, -0.05) is 12.1 Å². The number of nitro groups is 1. The van der Waals surface area contributed by atoms with E-state index in [0.29, 0.717) is 24.3 Å². The summed E-state index contributed by atoms with van der Waals surface area (Å²) >= 11 is 0. The second-order valence-corrected chi connectivity index (χ2v) is 5.07. The second-order valence-electron chi connectivity index (χ2n) is 5.07. The van der Waals surface area contributed by atoms with Crippen molar-refractivity contribution in [3.05, 3.63) is 63.3 Å². The highest BCUT2D eigenvalue weighted by Gasteiger charge is 2.09. The van der Waals surface area contributed by atoms with Crippen LogP contribution in [-0.2, 0) is 6.42 Å². The van der Waals surface area contributed by atoms with Crippen LogP contribution in [0, 0.1) is 17.0 Å². The number of hydrogen-bond acceptors (Lipinski definition) is 5. The van der Waals surface area contributed by atoms with Crippen LogP contribution in [0.4, 0.5) is 11.5 Å². The first-order chi connectivity index (χ1) is 11.0. The fraction of sp³-hybridized carbons (Fsp3) is 0.250. The Balaban J connectivity index is 1.97. The molecule has 0 aliphatic rings. The van der Waals surface area contributed by atoms with Crippen LogP contribution in [0.1, 0.15) is 21.5 Å². The molecule has 0 atom stereocenters. The van der Waals surface area contributed by atoms with E-state index in [1.807, 2.05) is 18.2 Å². The molecule has 0 radical (unpaired) electrons. The molecule has 0 aliphatic carbocycles. The van der Waals surface area contributed by atoms with Gasteiger partial charge in [-0.25, -0.2) is 4.98 Å². The minimum Gasteiger partial charge on any atom is -0.370 e. The average Bonchev–Trinajstić information content (AvgIpc) is 2.55. The number of aromatic nitrogens is 1. The number of carbonyl (C=O) groups excluding carboxylic acids is 1. The number of nitrogens with zero attached hydrogens (tertiary/aromatic N) is 2. The molecule has 1 amide bonds. The SMILES string of the molecule is CNC(=O)c1cccc(CCNc2ncc([N+](=O)[O-])cc2C)c1. The van der Waals surface area contributed by atoms with Gasteiger partial charge in [0.1, 0.15) is 12.0 Å². The first-order valence-electron chi connectivity index (χ1n) is 7.17. The summed E-state index contributed by atoms with van der Waals surface area (Å²) in [5.41, 5.74) is 2.34. The molecular weight excluding hydrogens is 296 g/mol. The lowest BCUT2D eigenvalue weighted by Gasteiger charge is -2.09. The van der Waals surface area contributed by atoms with Crippen molar-refractivity contribution < 1.29 is 9.72 Å². The summed E-state index contributed by atoms with van der Waals surface area (Å²) < 4.78 is 0. The lowest BCUT2D eigenvalue weighted by atomic mass is 10.1. The van der Waals surface area contributed by atoms with Gasteiger partial charge in [-0.15, -0.1) is 0 Å². The Labute approximate surface area is 133 Å². The number of aryl methyl sites for hydroxylation is 1. The Bertz CT molecular complexity index is 731. The van der Waals surface area contributed by atoms with Crippen molar-refractivity contribution in [3.63, 3.8) is 0 Å². The summed E-state index contributed by atoms with van der Waals surface area (Å²) in [5, 5.41) is 16.4. The van der Waals surface area contributed by atoms with Crippen LogP contribution in [0.25, 0.3) is 0 Å². The Morgan fingerprint density at radius 2 is 2.13 bits per heavy atom. The average molecular weight is 314 g/mol. The third-order valence-electron chi connectivity index (χ3n) is 3.40. The number of nitrogens with one attached hydrogen (secondary N) is 2. The molecule has 0 saturated heterocycles. The number of amides is 1. The van der Waals surface area contributed by atoms with Gasteiger partial charge in [-0.2, -0.15) is 0 Å². The van der Waals surface area contributed by atoms with Crippen molar-refractivity contribution in [1.82, 2.24) is 10.3 Å². The van der Waals surface area contributed by atoms with Crippen LogP contribution in [0.3, 0.4) is 0 Å². The summed E-state index contributed by atoms with van der Waals surface area (Å²) in [5.74, 6) is 0.505. The van der Waals surface area contributed by atoms with Crippen LogP contribution in [0.5, 0.6) is 0 Å². The fourth-order valence-corrected chi connectivity index (χ4v) is 2.18. The summed E-state index contributed by atoms with van der Waals surface area (Å²) in [7, 11) is 1.60. The number of pyridine rings is 1. The summed E-state index contributed by atoms with van der Waals surface area (Å²) in [6.45, 7) is 2.39. The van der Waals surface area contributed by atoms with E-state index in [0.717, 1.165) is 11.1 Å². The highest BCUT2D eigenvalue weighted by Crippen LogP contribution is 2.18. The highest BCUT2D eigenvalue weighted by molar-refractivity contribution is 5.94. The molecule has 0 saturated carbocycles. The number of rotatable bonds is 6. The topological polar surface area (TPSA) is 97.2 Å². The van der Waals surface area contributed by atoms with E-state index in [1.54, 1.807) is 20.0 Å². The van der Waals surface area contributed by atoms with E-state index in [4.69, 9.17) is 0 Å². The molecule has 1 aromatic carbocycles. The maximum atomic E-state index is 11.6. The lowest BCUT2D eigenvalue weighted by molar-refractivity contribution is -0.385. The highest BCUT2D eigenvalue weighted by atomic mass is 16.6. The van der Waals surface area contributed by atoms with Gasteiger partial charge in [0.25, 0.3) is 11.6 Å². The zero-order valence-corrected chi connectivity index (χ0v) is 13.0. The predicted molar refractivity (Wildman–Crippen MR) is 87.7 cm³/mol. The Hall–Kier alpha value is -2.96. The molecule has 1 heterocycles. The Morgan fingerprint density at radius 1 is 1.35 bits per heavy atom. The van der Waals surface area contributed by atoms with Gasteiger partial charge in [0, 0.05) is 25.2 Å². The third-order valence-corrected chi connectivity index (χ3v) is 3.40. The molecule has 0 bridgehead atoms. The lowest BCUT2D eigenvalue weighted by Crippen LogP contribution is -2.18. The van der Waals surface area contributed by atoms with E-state index < -0.39 is 4.92 Å². The largest absolute Gasteiger partial charge is 0.370 e. The summed E-state index contributed by atoms with van der Waals surface area (Å²) in [6.07, 6.45) is 1.95. The number of benzene rings is 1. The van der Waals surface area contributed by atoms with Gasteiger partial charge in [0.15, 0.2) is 0 Å². The molecule has 2 rings (SSSR count). The monoisotopic (exact) mass is 314 g/mol. The zero-order valence-electron chi connectivity index (χ0n) is 13.0. The molecule has 7 heteroatoms. The molecule has 120 valence electrons. The van der Waals surface area contributed by atoms with Crippen LogP contribution in [0.15, 0.2) is 36.5 Å². The van der Waals surface area contributed by atoms with Crippen molar-refractivity contribution in [2.24, 2.45) is 0 Å².